The summed E-state index contributed by atoms with van der Waals surface area (Å²) < 4.78 is 10.6. The third-order valence-electron chi connectivity index (χ3n) is 5.51. The van der Waals surface area contributed by atoms with Gasteiger partial charge in [0.25, 0.3) is 0 Å². The van der Waals surface area contributed by atoms with Gasteiger partial charge in [0.05, 0.1) is 6.54 Å². The molecule has 2 amide bonds. The fourth-order valence-corrected chi connectivity index (χ4v) is 3.69. The van der Waals surface area contributed by atoms with E-state index in [1.54, 1.807) is 0 Å². The van der Waals surface area contributed by atoms with Gasteiger partial charge in [-0.1, -0.05) is 60.7 Å². The summed E-state index contributed by atoms with van der Waals surface area (Å²) in [4.78, 5) is 52.7. The minimum atomic E-state index is -0.893. The van der Waals surface area contributed by atoms with E-state index in [0.717, 1.165) is 11.1 Å². The van der Waals surface area contributed by atoms with Crippen LogP contribution in [-0.4, -0.2) is 65.8 Å². The number of carbonyl (C=O) groups is 4. The van der Waals surface area contributed by atoms with Gasteiger partial charge in [0, 0.05) is 19.5 Å². The molecule has 0 saturated carbocycles. The minimum Gasteiger partial charge on any atom is -0.461 e. The minimum absolute atomic E-state index is 0. The monoisotopic (exact) mass is 503 g/mol. The van der Waals surface area contributed by atoms with Crippen LogP contribution in [0.4, 0.5) is 0 Å². The summed E-state index contributed by atoms with van der Waals surface area (Å²) >= 11 is 0. The Morgan fingerprint density at radius 1 is 0.857 bits per heavy atom. The Kier molecular flexibility index (Phi) is 11.2. The number of nitrogens with two attached hydrogens (primary N) is 1. The third-order valence-corrected chi connectivity index (χ3v) is 5.51. The molecule has 0 bridgehead atoms. The molecule has 2 aromatic carbocycles. The zero-order chi connectivity index (χ0) is 24.3. The van der Waals surface area contributed by atoms with E-state index < -0.39 is 23.9 Å². The second-order valence-corrected chi connectivity index (χ2v) is 7.90. The van der Waals surface area contributed by atoms with Crippen molar-refractivity contribution in [3.63, 3.8) is 0 Å². The Bertz CT molecular complexity index is 989. The molecule has 9 nitrogen and oxygen atoms in total. The molecule has 0 unspecified atom stereocenters. The van der Waals surface area contributed by atoms with Gasteiger partial charge in [0.2, 0.25) is 11.8 Å². The van der Waals surface area contributed by atoms with Gasteiger partial charge < -0.3 is 25.0 Å². The van der Waals surface area contributed by atoms with Crippen molar-refractivity contribution in [2.75, 3.05) is 26.2 Å². The lowest BCUT2D eigenvalue weighted by molar-refractivity contribution is -0.158. The van der Waals surface area contributed by atoms with Crippen molar-refractivity contribution in [1.29, 1.82) is 0 Å². The lowest BCUT2D eigenvalue weighted by Gasteiger charge is -2.40. The van der Waals surface area contributed by atoms with Crippen molar-refractivity contribution < 1.29 is 28.7 Å². The van der Waals surface area contributed by atoms with E-state index in [1.165, 1.54) is 9.80 Å². The molecule has 1 aliphatic rings. The molecule has 2 N–H and O–H groups in total. The third kappa shape index (κ3) is 8.38. The number of amides is 2. The van der Waals surface area contributed by atoms with Gasteiger partial charge in [0.15, 0.2) is 0 Å². The van der Waals surface area contributed by atoms with E-state index in [-0.39, 0.29) is 70.5 Å². The van der Waals surface area contributed by atoms with Crippen LogP contribution in [-0.2, 0) is 41.9 Å². The summed E-state index contributed by atoms with van der Waals surface area (Å²) in [6, 6.07) is 17.6. The van der Waals surface area contributed by atoms with Gasteiger partial charge >= 0.3 is 11.9 Å². The largest absolute Gasteiger partial charge is 0.461 e. The number of piperazine rings is 1. The molecule has 0 aliphatic carbocycles. The number of benzene rings is 2. The molecule has 1 saturated heterocycles. The summed E-state index contributed by atoms with van der Waals surface area (Å²) in [5.74, 6) is -1.82. The Balaban J connectivity index is 0.00000432. The molecule has 3 rings (SSSR count). The molecular formula is C25H30ClN3O6. The number of hydrogen-bond donors (Lipinski definition) is 1. The van der Waals surface area contributed by atoms with E-state index in [1.807, 2.05) is 60.7 Å². The first-order chi connectivity index (χ1) is 16.5. The molecule has 0 radical (unpaired) electrons. The average molecular weight is 504 g/mol. The number of carbonyl (C=O) groups excluding carboxylic acids is 4. The maximum atomic E-state index is 13.1. The highest BCUT2D eigenvalue weighted by molar-refractivity contribution is 5.91. The zero-order valence-electron chi connectivity index (χ0n) is 19.3. The average Bonchev–Trinajstić information content (AvgIpc) is 2.87. The van der Waals surface area contributed by atoms with Crippen molar-refractivity contribution in [2.45, 2.75) is 32.1 Å². The number of esters is 2. The van der Waals surface area contributed by atoms with Crippen LogP contribution >= 0.6 is 12.4 Å². The highest BCUT2D eigenvalue weighted by Crippen LogP contribution is 2.17. The Morgan fingerprint density at radius 2 is 1.40 bits per heavy atom. The maximum Gasteiger partial charge on any atom is 0.325 e. The van der Waals surface area contributed by atoms with E-state index in [4.69, 9.17) is 15.2 Å². The molecule has 1 atom stereocenters. The SMILES string of the molecule is Cl.NCC(=O)N1CCN(CC(=O)OCc2ccccc2)C(=O)[C@@H]1CCC(=O)OCc1ccccc1. The molecule has 0 aromatic heterocycles. The van der Waals surface area contributed by atoms with Gasteiger partial charge in [0.1, 0.15) is 25.8 Å². The molecule has 1 heterocycles. The number of hydrogen-bond acceptors (Lipinski definition) is 7. The van der Waals surface area contributed by atoms with Crippen LogP contribution in [0.1, 0.15) is 24.0 Å². The highest BCUT2D eigenvalue weighted by atomic mass is 35.5. The predicted molar refractivity (Wildman–Crippen MR) is 130 cm³/mol. The predicted octanol–water partition coefficient (Wildman–Crippen LogP) is 1.67. The summed E-state index contributed by atoms with van der Waals surface area (Å²) in [7, 11) is 0. The Morgan fingerprint density at radius 3 is 1.94 bits per heavy atom. The Labute approximate surface area is 210 Å². The van der Waals surface area contributed by atoms with Crippen LogP contribution in [0.15, 0.2) is 60.7 Å². The summed E-state index contributed by atoms with van der Waals surface area (Å²) in [5, 5.41) is 0. The fourth-order valence-electron chi connectivity index (χ4n) is 3.69. The summed E-state index contributed by atoms with van der Waals surface area (Å²) in [6.07, 6.45) is 0.0254. The van der Waals surface area contributed by atoms with Gasteiger partial charge in [-0.3, -0.25) is 19.2 Å². The van der Waals surface area contributed by atoms with Gasteiger partial charge in [-0.05, 0) is 17.5 Å². The van der Waals surface area contributed by atoms with Crippen LogP contribution in [0.2, 0.25) is 0 Å². The smallest absolute Gasteiger partial charge is 0.325 e. The fraction of sp³-hybridized carbons (Fsp3) is 0.360. The van der Waals surface area contributed by atoms with Crippen molar-refractivity contribution in [3.8, 4) is 0 Å². The molecule has 35 heavy (non-hydrogen) atoms. The van der Waals surface area contributed by atoms with Crippen LogP contribution in [0.5, 0.6) is 0 Å². The van der Waals surface area contributed by atoms with Gasteiger partial charge in [-0.25, -0.2) is 0 Å². The summed E-state index contributed by atoms with van der Waals surface area (Å²) in [5.41, 5.74) is 7.20. The first kappa shape index (κ1) is 27.8. The first-order valence-corrected chi connectivity index (χ1v) is 11.2. The molecule has 1 fully saturated rings. The van der Waals surface area contributed by atoms with Crippen LogP contribution in [0, 0.1) is 0 Å². The molecule has 0 spiro atoms. The summed E-state index contributed by atoms with van der Waals surface area (Å²) in [6.45, 7) is 0.156. The first-order valence-electron chi connectivity index (χ1n) is 11.2. The van der Waals surface area contributed by atoms with Crippen LogP contribution in [0.25, 0.3) is 0 Å². The Hall–Kier alpha value is -3.43. The topological polar surface area (TPSA) is 119 Å². The second kappa shape index (κ2) is 14.1. The number of nitrogens with zero attached hydrogens (tertiary/aromatic N) is 2. The van der Waals surface area contributed by atoms with E-state index in [0.29, 0.717) is 0 Å². The molecule has 2 aromatic rings. The molecule has 10 heteroatoms. The second-order valence-electron chi connectivity index (χ2n) is 7.90. The van der Waals surface area contributed by atoms with Crippen molar-refractivity contribution in [2.24, 2.45) is 5.73 Å². The van der Waals surface area contributed by atoms with Gasteiger partial charge in [-0.2, -0.15) is 0 Å². The number of halogens is 1. The van der Waals surface area contributed by atoms with Crippen LogP contribution in [0.3, 0.4) is 0 Å². The van der Waals surface area contributed by atoms with Crippen molar-refractivity contribution in [1.82, 2.24) is 9.80 Å². The molecule has 1 aliphatic heterocycles. The molecular weight excluding hydrogens is 474 g/mol. The lowest BCUT2D eigenvalue weighted by atomic mass is 10.0. The normalized spacial score (nSPS) is 15.2. The van der Waals surface area contributed by atoms with Crippen LogP contribution < -0.4 is 5.73 Å². The number of ether oxygens (including phenoxy) is 2. The maximum absolute atomic E-state index is 13.1. The van der Waals surface area contributed by atoms with E-state index >= 15 is 0 Å². The lowest BCUT2D eigenvalue weighted by Crippen LogP contribution is -2.60. The quantitative estimate of drug-likeness (QED) is 0.490. The highest BCUT2D eigenvalue weighted by Gasteiger charge is 2.38. The zero-order valence-corrected chi connectivity index (χ0v) is 20.2. The van der Waals surface area contributed by atoms with E-state index in [2.05, 4.69) is 0 Å². The molecule has 188 valence electrons. The number of rotatable bonds is 10. The van der Waals surface area contributed by atoms with Gasteiger partial charge in [-0.15, -0.1) is 12.4 Å². The van der Waals surface area contributed by atoms with E-state index in [9.17, 15) is 19.2 Å². The van der Waals surface area contributed by atoms with Crippen molar-refractivity contribution >= 4 is 36.2 Å². The standard InChI is InChI=1S/C25H29N3O6.ClH/c26-15-22(29)28-14-13-27(16-24(31)34-18-20-9-5-2-6-10-20)25(32)21(28)11-12-23(30)33-17-19-7-3-1-4-8-19;/h1-10,21H,11-18,26H2;1H/t21-;/m0./s1. The van der Waals surface area contributed by atoms with Crippen molar-refractivity contribution in [3.05, 3.63) is 71.8 Å².